The highest BCUT2D eigenvalue weighted by atomic mass is 16.3. The van der Waals surface area contributed by atoms with Crippen molar-refractivity contribution in [2.45, 2.75) is 5.92 Å². The van der Waals surface area contributed by atoms with Crippen LogP contribution in [0.5, 0.6) is 0 Å². The average molecular weight is 361 g/mol. The lowest BCUT2D eigenvalue weighted by Gasteiger charge is -2.28. The summed E-state index contributed by atoms with van der Waals surface area (Å²) in [6, 6.07) is 10.7. The number of carbonyl (C=O) groups is 1. The molecule has 2 aliphatic rings. The first-order valence-electron chi connectivity index (χ1n) is 8.56. The zero-order valence-electron chi connectivity index (χ0n) is 14.7. The van der Waals surface area contributed by atoms with Crippen molar-refractivity contribution >= 4 is 17.3 Å². The van der Waals surface area contributed by atoms with Gasteiger partial charge in [-0.2, -0.15) is 0 Å². The molecule has 7 heteroatoms. The second kappa shape index (κ2) is 5.26. The van der Waals surface area contributed by atoms with Crippen LogP contribution in [0.4, 0.5) is 5.82 Å². The van der Waals surface area contributed by atoms with Gasteiger partial charge in [-0.25, -0.2) is 9.79 Å². The fourth-order valence-corrected chi connectivity index (χ4v) is 4.14. The van der Waals surface area contributed by atoms with Crippen LogP contribution in [0.2, 0.25) is 0 Å². The normalized spacial score (nSPS) is 20.1. The highest BCUT2D eigenvalue weighted by molar-refractivity contribution is 6.30. The lowest BCUT2D eigenvalue weighted by Crippen LogP contribution is -2.43. The number of ketones is 1. The van der Waals surface area contributed by atoms with Gasteiger partial charge < -0.3 is 4.42 Å². The standard InChI is InChI=1S/C20H15N3O4/c1-22-18-15(19(25)23(2)20(22)26)13(12-8-5-9-27-12)14-16(21-18)10-6-3-4-7-11(10)17(14)24/h3-9,13-14H,1-2H3/t13-,14-/m0/s1. The largest absolute Gasteiger partial charge is 0.469 e. The van der Waals surface area contributed by atoms with E-state index in [0.717, 1.165) is 10.1 Å². The molecule has 0 spiro atoms. The maximum absolute atomic E-state index is 13.2. The molecule has 7 nitrogen and oxygen atoms in total. The Labute approximate surface area is 153 Å². The van der Waals surface area contributed by atoms with Crippen LogP contribution in [0, 0.1) is 5.92 Å². The first-order chi connectivity index (χ1) is 13.0. The Kier molecular flexibility index (Phi) is 3.07. The summed E-state index contributed by atoms with van der Waals surface area (Å²) in [4.78, 5) is 43.2. The summed E-state index contributed by atoms with van der Waals surface area (Å²) in [6.45, 7) is 0. The lowest BCUT2D eigenvalue weighted by molar-refractivity contribution is 0.0949. The van der Waals surface area contributed by atoms with Gasteiger partial charge in [-0.3, -0.25) is 18.7 Å². The molecule has 1 aliphatic heterocycles. The number of fused-ring (bicyclic) bond motifs is 4. The van der Waals surface area contributed by atoms with Crippen LogP contribution >= 0.6 is 0 Å². The van der Waals surface area contributed by atoms with E-state index in [-0.39, 0.29) is 11.6 Å². The molecule has 0 saturated heterocycles. The van der Waals surface area contributed by atoms with Crippen molar-refractivity contribution in [3.8, 4) is 0 Å². The molecule has 1 aromatic carbocycles. The molecular formula is C20H15N3O4. The fraction of sp³-hybridized carbons (Fsp3) is 0.200. The number of Topliss-reactive ketones (excluding diaryl/α,β-unsaturated/α-hetero) is 1. The molecule has 0 saturated carbocycles. The molecule has 0 amide bonds. The zero-order valence-corrected chi connectivity index (χ0v) is 14.7. The molecule has 27 heavy (non-hydrogen) atoms. The van der Waals surface area contributed by atoms with Crippen LogP contribution in [-0.4, -0.2) is 20.6 Å². The minimum atomic E-state index is -0.647. The molecule has 3 aromatic rings. The third kappa shape index (κ3) is 1.91. The number of nitrogens with zero attached hydrogens (tertiary/aromatic N) is 3. The predicted molar refractivity (Wildman–Crippen MR) is 97.9 cm³/mol. The Balaban J connectivity index is 1.93. The van der Waals surface area contributed by atoms with Crippen molar-refractivity contribution in [3.05, 3.63) is 86.0 Å². The molecule has 0 radical (unpaired) electrons. The van der Waals surface area contributed by atoms with E-state index in [1.165, 1.54) is 17.9 Å². The molecule has 0 bridgehead atoms. The highest BCUT2D eigenvalue weighted by Crippen LogP contribution is 2.46. The first-order valence-corrected chi connectivity index (χ1v) is 8.56. The van der Waals surface area contributed by atoms with Crippen LogP contribution in [0.3, 0.4) is 0 Å². The Morgan fingerprint density at radius 3 is 2.37 bits per heavy atom. The zero-order chi connectivity index (χ0) is 18.9. The summed E-state index contributed by atoms with van der Waals surface area (Å²) in [5.74, 6) is -0.586. The topological polar surface area (TPSA) is 86.6 Å². The van der Waals surface area contributed by atoms with E-state index in [1.807, 2.05) is 12.1 Å². The quantitative estimate of drug-likeness (QED) is 0.661. The van der Waals surface area contributed by atoms with Gasteiger partial charge in [0, 0.05) is 25.2 Å². The summed E-state index contributed by atoms with van der Waals surface area (Å²) < 4.78 is 8.00. The highest BCUT2D eigenvalue weighted by Gasteiger charge is 2.48. The lowest BCUT2D eigenvalue weighted by atomic mass is 9.79. The third-order valence-corrected chi connectivity index (χ3v) is 5.43. The summed E-state index contributed by atoms with van der Waals surface area (Å²) in [5, 5.41) is 0. The second-order valence-corrected chi connectivity index (χ2v) is 6.82. The maximum Gasteiger partial charge on any atom is 0.332 e. The number of hydrogen-bond donors (Lipinski definition) is 0. The second-order valence-electron chi connectivity index (χ2n) is 6.82. The Morgan fingerprint density at radius 2 is 1.67 bits per heavy atom. The van der Waals surface area contributed by atoms with Crippen LogP contribution < -0.4 is 11.2 Å². The molecule has 3 heterocycles. The number of aliphatic imine (C=N–C) groups is 1. The van der Waals surface area contributed by atoms with Gasteiger partial charge in [-0.05, 0) is 12.1 Å². The fourth-order valence-electron chi connectivity index (χ4n) is 4.14. The Hall–Kier alpha value is -3.48. The SMILES string of the molecule is Cn1c2c(c(=O)n(C)c1=O)[C@@H](c1ccco1)[C@@H]1C(=O)c3ccccc3C1=N2. The van der Waals surface area contributed by atoms with E-state index >= 15 is 0 Å². The van der Waals surface area contributed by atoms with Crippen LogP contribution in [0.25, 0.3) is 0 Å². The summed E-state index contributed by atoms with van der Waals surface area (Å²) in [5.41, 5.74) is 1.28. The summed E-state index contributed by atoms with van der Waals surface area (Å²) >= 11 is 0. The molecule has 134 valence electrons. The van der Waals surface area contributed by atoms with Gasteiger partial charge in [0.1, 0.15) is 11.6 Å². The van der Waals surface area contributed by atoms with Crippen molar-refractivity contribution in [1.29, 1.82) is 0 Å². The van der Waals surface area contributed by atoms with Crippen LogP contribution in [-0.2, 0) is 14.1 Å². The monoisotopic (exact) mass is 361 g/mol. The smallest absolute Gasteiger partial charge is 0.332 e. The van der Waals surface area contributed by atoms with E-state index < -0.39 is 23.1 Å². The van der Waals surface area contributed by atoms with E-state index in [4.69, 9.17) is 4.42 Å². The van der Waals surface area contributed by atoms with E-state index in [1.54, 1.807) is 31.3 Å². The van der Waals surface area contributed by atoms with Gasteiger partial charge in [0.05, 0.1) is 29.4 Å². The molecule has 0 fully saturated rings. The molecule has 2 atom stereocenters. The first kappa shape index (κ1) is 15.7. The average Bonchev–Trinajstić information content (AvgIpc) is 3.31. The van der Waals surface area contributed by atoms with Crippen molar-refractivity contribution in [2.24, 2.45) is 25.0 Å². The van der Waals surface area contributed by atoms with Gasteiger partial charge in [0.2, 0.25) is 0 Å². The summed E-state index contributed by atoms with van der Waals surface area (Å²) in [7, 11) is 3.00. The minimum absolute atomic E-state index is 0.0905. The number of rotatable bonds is 1. The molecule has 2 aromatic heterocycles. The Bertz CT molecular complexity index is 1260. The molecular weight excluding hydrogens is 346 g/mol. The van der Waals surface area contributed by atoms with Gasteiger partial charge in [-0.15, -0.1) is 0 Å². The minimum Gasteiger partial charge on any atom is -0.469 e. The van der Waals surface area contributed by atoms with E-state index in [9.17, 15) is 14.4 Å². The third-order valence-electron chi connectivity index (χ3n) is 5.43. The van der Waals surface area contributed by atoms with Crippen molar-refractivity contribution in [1.82, 2.24) is 9.13 Å². The maximum atomic E-state index is 13.2. The number of hydrogen-bond acceptors (Lipinski definition) is 5. The van der Waals surface area contributed by atoms with Crippen molar-refractivity contribution in [3.63, 3.8) is 0 Å². The number of carbonyl (C=O) groups excluding carboxylic acids is 1. The van der Waals surface area contributed by atoms with Gasteiger partial charge in [0.25, 0.3) is 5.56 Å². The number of furan rings is 1. The van der Waals surface area contributed by atoms with Gasteiger partial charge in [-0.1, -0.05) is 24.3 Å². The van der Waals surface area contributed by atoms with Gasteiger partial charge in [0.15, 0.2) is 5.78 Å². The van der Waals surface area contributed by atoms with E-state index in [0.29, 0.717) is 22.6 Å². The van der Waals surface area contributed by atoms with Crippen LogP contribution in [0.15, 0.2) is 61.7 Å². The Morgan fingerprint density at radius 1 is 0.926 bits per heavy atom. The van der Waals surface area contributed by atoms with Crippen LogP contribution in [0.1, 0.15) is 33.2 Å². The summed E-state index contributed by atoms with van der Waals surface area (Å²) in [6.07, 6.45) is 1.51. The van der Waals surface area contributed by atoms with Gasteiger partial charge >= 0.3 is 5.69 Å². The van der Waals surface area contributed by atoms with Crippen molar-refractivity contribution in [2.75, 3.05) is 0 Å². The van der Waals surface area contributed by atoms with Crippen molar-refractivity contribution < 1.29 is 9.21 Å². The molecule has 0 N–H and O–H groups in total. The molecule has 1 aliphatic carbocycles. The molecule has 0 unspecified atom stereocenters. The molecule has 5 rings (SSSR count). The predicted octanol–water partition coefficient (Wildman–Crippen LogP) is 1.76. The number of benzene rings is 1. The van der Waals surface area contributed by atoms with E-state index in [2.05, 4.69) is 4.99 Å². The number of aromatic nitrogens is 2.